The normalized spacial score (nSPS) is 12.5. The second kappa shape index (κ2) is 8.93. The van der Waals surface area contributed by atoms with E-state index in [1.54, 1.807) is 6.92 Å². The van der Waals surface area contributed by atoms with Crippen LogP contribution in [0, 0.1) is 0 Å². The van der Waals surface area contributed by atoms with Crippen LogP contribution in [-0.4, -0.2) is 27.5 Å². The van der Waals surface area contributed by atoms with Gasteiger partial charge in [0.15, 0.2) is 0 Å². The van der Waals surface area contributed by atoms with Gasteiger partial charge in [-0.1, -0.05) is 30.1 Å². The molecule has 1 atom stereocenters. The van der Waals surface area contributed by atoms with E-state index in [0.29, 0.717) is 17.2 Å². The fourth-order valence-corrected chi connectivity index (χ4v) is 4.08. The van der Waals surface area contributed by atoms with Gasteiger partial charge in [0.1, 0.15) is 5.75 Å². The van der Waals surface area contributed by atoms with Crippen molar-refractivity contribution in [2.24, 2.45) is 0 Å². The number of benzene rings is 2. The molecule has 9 heteroatoms. The fourth-order valence-electron chi connectivity index (χ4n) is 2.23. The van der Waals surface area contributed by atoms with E-state index in [0.717, 1.165) is 0 Å². The number of carbonyl (C=O) groups is 1. The highest BCUT2D eigenvalue weighted by molar-refractivity contribution is 7.89. The summed E-state index contributed by atoms with van der Waals surface area (Å²) in [7, 11) is -2.31. The van der Waals surface area contributed by atoms with Gasteiger partial charge in [-0.15, -0.1) is 0 Å². The maximum atomic E-state index is 12.5. The second-order valence-corrected chi connectivity index (χ2v) is 8.43. The lowest BCUT2D eigenvalue weighted by Crippen LogP contribution is -2.32. The van der Waals surface area contributed by atoms with Gasteiger partial charge in [-0.25, -0.2) is 13.1 Å². The van der Waals surface area contributed by atoms with Crippen molar-refractivity contribution >= 4 is 44.8 Å². The van der Waals surface area contributed by atoms with Crippen molar-refractivity contribution in [1.29, 1.82) is 0 Å². The van der Waals surface area contributed by atoms with E-state index in [-0.39, 0.29) is 27.2 Å². The highest BCUT2D eigenvalue weighted by Gasteiger charge is 2.20. The summed E-state index contributed by atoms with van der Waals surface area (Å²) in [5.74, 6) is -0.199. The molecule has 1 amide bonds. The minimum absolute atomic E-state index is 0.0149. The zero-order chi connectivity index (χ0) is 20.2. The molecule has 2 aromatic carbocycles. The van der Waals surface area contributed by atoms with Gasteiger partial charge in [0.25, 0.3) is 5.91 Å². The van der Waals surface area contributed by atoms with E-state index in [4.69, 9.17) is 27.9 Å². The molecule has 2 aromatic rings. The molecule has 0 fully saturated rings. The van der Waals surface area contributed by atoms with Crippen molar-refractivity contribution in [2.45, 2.75) is 31.2 Å². The standard InChI is InChI=1S/C18H20Cl2N2O4S/c1-4-11(2)22-27(24,25)13-6-8-17(26-3)16(10-13)21-18(23)14-7-5-12(19)9-15(14)20/h5-11,22H,4H2,1-3H3,(H,21,23)/t11-/m0/s1. The molecule has 0 saturated carbocycles. The number of halogens is 2. The van der Waals surface area contributed by atoms with Crippen LogP contribution in [0.25, 0.3) is 0 Å². The van der Waals surface area contributed by atoms with Gasteiger partial charge in [0.05, 0.1) is 28.3 Å². The topological polar surface area (TPSA) is 84.5 Å². The number of carbonyl (C=O) groups excluding carboxylic acids is 1. The summed E-state index contributed by atoms with van der Waals surface area (Å²) in [4.78, 5) is 12.6. The van der Waals surface area contributed by atoms with Crippen LogP contribution < -0.4 is 14.8 Å². The Labute approximate surface area is 168 Å². The lowest BCUT2D eigenvalue weighted by atomic mass is 10.2. The fraction of sp³-hybridized carbons (Fsp3) is 0.278. The van der Waals surface area contributed by atoms with Crippen molar-refractivity contribution in [3.63, 3.8) is 0 Å². The number of methoxy groups -OCH3 is 1. The Bertz CT molecular complexity index is 948. The Balaban J connectivity index is 2.36. The summed E-state index contributed by atoms with van der Waals surface area (Å²) in [6.45, 7) is 3.65. The van der Waals surface area contributed by atoms with Gasteiger partial charge in [-0.2, -0.15) is 0 Å². The lowest BCUT2D eigenvalue weighted by molar-refractivity contribution is 0.102. The van der Waals surface area contributed by atoms with Crippen LogP contribution in [0.5, 0.6) is 5.75 Å². The molecule has 6 nitrogen and oxygen atoms in total. The van der Waals surface area contributed by atoms with Crippen LogP contribution in [0.1, 0.15) is 30.6 Å². The van der Waals surface area contributed by atoms with E-state index in [2.05, 4.69) is 10.0 Å². The number of ether oxygens (including phenoxy) is 1. The van der Waals surface area contributed by atoms with Gasteiger partial charge < -0.3 is 10.1 Å². The quantitative estimate of drug-likeness (QED) is 0.684. The average Bonchev–Trinajstić information content (AvgIpc) is 2.61. The van der Waals surface area contributed by atoms with E-state index >= 15 is 0 Å². The third-order valence-corrected chi connectivity index (χ3v) is 6.01. The monoisotopic (exact) mass is 430 g/mol. The Morgan fingerprint density at radius 2 is 1.89 bits per heavy atom. The first kappa shape index (κ1) is 21.5. The average molecular weight is 431 g/mol. The zero-order valence-electron chi connectivity index (χ0n) is 15.0. The Hall–Kier alpha value is -1.80. The molecule has 0 heterocycles. The molecular weight excluding hydrogens is 411 g/mol. The van der Waals surface area contributed by atoms with Crippen molar-refractivity contribution in [3.05, 3.63) is 52.0 Å². The predicted octanol–water partition coefficient (Wildman–Crippen LogP) is 4.33. The van der Waals surface area contributed by atoms with Gasteiger partial charge in [0, 0.05) is 11.1 Å². The molecule has 2 N–H and O–H groups in total. The summed E-state index contributed by atoms with van der Waals surface area (Å²) in [6.07, 6.45) is 0.647. The molecule has 0 radical (unpaired) electrons. The molecule has 27 heavy (non-hydrogen) atoms. The highest BCUT2D eigenvalue weighted by atomic mass is 35.5. The van der Waals surface area contributed by atoms with Crippen molar-refractivity contribution in [3.8, 4) is 5.75 Å². The third kappa shape index (κ3) is 5.35. The minimum Gasteiger partial charge on any atom is -0.495 e. The van der Waals surface area contributed by atoms with Crippen molar-refractivity contribution in [2.75, 3.05) is 12.4 Å². The first-order valence-electron chi connectivity index (χ1n) is 8.14. The molecule has 0 spiro atoms. The first-order valence-corrected chi connectivity index (χ1v) is 10.4. The number of anilines is 1. The molecule has 0 aliphatic heterocycles. The number of nitrogens with one attached hydrogen (secondary N) is 2. The molecular formula is C18H20Cl2N2O4S. The van der Waals surface area contributed by atoms with Gasteiger partial charge in [0.2, 0.25) is 10.0 Å². The van der Waals surface area contributed by atoms with Crippen LogP contribution in [0.3, 0.4) is 0 Å². The third-order valence-electron chi connectivity index (χ3n) is 3.87. The minimum atomic E-state index is -3.73. The van der Waals surface area contributed by atoms with Crippen LogP contribution in [0.15, 0.2) is 41.3 Å². The van der Waals surface area contributed by atoms with E-state index in [1.807, 2.05) is 6.92 Å². The second-order valence-electron chi connectivity index (χ2n) is 5.87. The zero-order valence-corrected chi connectivity index (χ0v) is 17.4. The summed E-state index contributed by atoms with van der Waals surface area (Å²) in [5, 5.41) is 3.22. The van der Waals surface area contributed by atoms with E-state index < -0.39 is 15.9 Å². The molecule has 0 aliphatic rings. The number of amides is 1. The maximum Gasteiger partial charge on any atom is 0.257 e. The number of sulfonamides is 1. The number of rotatable bonds is 7. The predicted molar refractivity (Wildman–Crippen MR) is 107 cm³/mol. The van der Waals surface area contributed by atoms with Crippen LogP contribution >= 0.6 is 23.2 Å². The SMILES string of the molecule is CC[C@H](C)NS(=O)(=O)c1ccc(OC)c(NC(=O)c2ccc(Cl)cc2Cl)c1. The van der Waals surface area contributed by atoms with Crippen molar-refractivity contribution < 1.29 is 17.9 Å². The Morgan fingerprint density at radius 1 is 1.19 bits per heavy atom. The van der Waals surface area contributed by atoms with Gasteiger partial charge >= 0.3 is 0 Å². The molecule has 0 aliphatic carbocycles. The molecule has 0 saturated heterocycles. The summed E-state index contributed by atoms with van der Waals surface area (Å²) in [5.41, 5.74) is 0.412. The smallest absolute Gasteiger partial charge is 0.257 e. The Kier molecular flexibility index (Phi) is 7.11. The highest BCUT2D eigenvalue weighted by Crippen LogP contribution is 2.29. The molecule has 0 bridgehead atoms. The first-order chi connectivity index (χ1) is 12.7. The summed E-state index contributed by atoms with van der Waals surface area (Å²) >= 11 is 11.9. The van der Waals surface area contributed by atoms with Crippen molar-refractivity contribution in [1.82, 2.24) is 4.72 Å². The number of hydrogen-bond acceptors (Lipinski definition) is 4. The largest absolute Gasteiger partial charge is 0.495 e. The maximum absolute atomic E-state index is 12.5. The van der Waals surface area contributed by atoms with Gasteiger partial charge in [-0.3, -0.25) is 4.79 Å². The van der Waals surface area contributed by atoms with Crippen LogP contribution in [-0.2, 0) is 10.0 Å². The molecule has 2 rings (SSSR count). The summed E-state index contributed by atoms with van der Waals surface area (Å²) in [6, 6.07) is 8.48. The van der Waals surface area contributed by atoms with E-state index in [1.165, 1.54) is 43.5 Å². The van der Waals surface area contributed by atoms with Crippen LogP contribution in [0.4, 0.5) is 5.69 Å². The molecule has 0 unspecified atom stereocenters. The molecule has 146 valence electrons. The van der Waals surface area contributed by atoms with E-state index in [9.17, 15) is 13.2 Å². The lowest BCUT2D eigenvalue weighted by Gasteiger charge is -2.15. The Morgan fingerprint density at radius 3 is 2.48 bits per heavy atom. The molecule has 0 aromatic heterocycles. The summed E-state index contributed by atoms with van der Waals surface area (Å²) < 4.78 is 32.8. The van der Waals surface area contributed by atoms with Crippen LogP contribution in [0.2, 0.25) is 10.0 Å². The number of hydrogen-bond donors (Lipinski definition) is 2. The van der Waals surface area contributed by atoms with Gasteiger partial charge in [-0.05, 0) is 49.7 Å².